The Morgan fingerprint density at radius 3 is 2.43 bits per heavy atom. The first kappa shape index (κ1) is 9.65. The van der Waals surface area contributed by atoms with Gasteiger partial charge in [0, 0.05) is 0 Å². The fourth-order valence-corrected chi connectivity index (χ4v) is 2.24. The highest BCUT2D eigenvalue weighted by atomic mass is 16.3. The molecule has 1 fully saturated rings. The predicted molar refractivity (Wildman–Crippen MR) is 52.7 cm³/mol. The molecule has 0 bridgehead atoms. The molecule has 1 aromatic rings. The van der Waals surface area contributed by atoms with E-state index < -0.39 is 0 Å². The molecule has 0 radical (unpaired) electrons. The Kier molecular flexibility index (Phi) is 2.54. The second kappa shape index (κ2) is 3.69. The van der Waals surface area contributed by atoms with Crippen molar-refractivity contribution < 1.29 is 5.11 Å². The van der Waals surface area contributed by atoms with Crippen LogP contribution < -0.4 is 0 Å². The van der Waals surface area contributed by atoms with Gasteiger partial charge in [-0.15, -0.1) is 10.2 Å². The SMILES string of the molecule is CC1CCC(CO)(n2cnnc2)CC1. The van der Waals surface area contributed by atoms with E-state index in [-0.39, 0.29) is 12.1 Å². The Hall–Kier alpha value is -0.900. The van der Waals surface area contributed by atoms with Gasteiger partial charge in [0.1, 0.15) is 12.7 Å². The molecule has 1 aliphatic rings. The maximum absolute atomic E-state index is 9.52. The second-order valence-electron chi connectivity index (χ2n) is 4.43. The van der Waals surface area contributed by atoms with Crippen LogP contribution in [0.3, 0.4) is 0 Å². The Morgan fingerprint density at radius 2 is 1.93 bits per heavy atom. The molecule has 4 nitrogen and oxygen atoms in total. The number of nitrogens with zero attached hydrogens (tertiary/aromatic N) is 3. The van der Waals surface area contributed by atoms with Crippen molar-refractivity contribution in [3.8, 4) is 0 Å². The fourth-order valence-electron chi connectivity index (χ4n) is 2.24. The van der Waals surface area contributed by atoms with E-state index in [0.29, 0.717) is 0 Å². The molecule has 0 atom stereocenters. The number of rotatable bonds is 2. The van der Waals surface area contributed by atoms with Gasteiger partial charge in [-0.2, -0.15) is 0 Å². The van der Waals surface area contributed by atoms with Gasteiger partial charge < -0.3 is 9.67 Å². The molecule has 0 aliphatic heterocycles. The summed E-state index contributed by atoms with van der Waals surface area (Å²) < 4.78 is 1.97. The van der Waals surface area contributed by atoms with Crippen molar-refractivity contribution in [1.29, 1.82) is 0 Å². The molecule has 0 saturated heterocycles. The average molecular weight is 195 g/mol. The van der Waals surface area contributed by atoms with Crippen LogP contribution in [0.25, 0.3) is 0 Å². The Morgan fingerprint density at radius 1 is 1.36 bits per heavy atom. The lowest BCUT2D eigenvalue weighted by Crippen LogP contribution is -2.40. The zero-order valence-corrected chi connectivity index (χ0v) is 8.56. The fraction of sp³-hybridized carbons (Fsp3) is 0.800. The molecule has 14 heavy (non-hydrogen) atoms. The van der Waals surface area contributed by atoms with Crippen LogP contribution in [-0.2, 0) is 5.54 Å². The Bertz CT molecular complexity index is 276. The van der Waals surface area contributed by atoms with Gasteiger partial charge in [-0.1, -0.05) is 6.92 Å². The highest BCUT2D eigenvalue weighted by molar-refractivity contribution is 4.91. The summed E-state index contributed by atoms with van der Waals surface area (Å²) in [5.74, 6) is 0.783. The van der Waals surface area contributed by atoms with Crippen molar-refractivity contribution in [3.05, 3.63) is 12.7 Å². The molecule has 1 heterocycles. The molecule has 2 rings (SSSR count). The summed E-state index contributed by atoms with van der Waals surface area (Å²) in [5, 5.41) is 17.1. The van der Waals surface area contributed by atoms with Crippen LogP contribution in [0.5, 0.6) is 0 Å². The molecule has 0 spiro atoms. The van der Waals surface area contributed by atoms with Crippen LogP contribution in [0.15, 0.2) is 12.7 Å². The van der Waals surface area contributed by atoms with Gasteiger partial charge in [0.2, 0.25) is 0 Å². The van der Waals surface area contributed by atoms with Gasteiger partial charge in [0.05, 0.1) is 12.1 Å². The molecule has 4 heteroatoms. The second-order valence-corrected chi connectivity index (χ2v) is 4.43. The minimum atomic E-state index is -0.129. The van der Waals surface area contributed by atoms with E-state index in [1.54, 1.807) is 12.7 Å². The highest BCUT2D eigenvalue weighted by Crippen LogP contribution is 2.36. The number of aliphatic hydroxyl groups excluding tert-OH is 1. The smallest absolute Gasteiger partial charge is 0.119 e. The zero-order valence-electron chi connectivity index (χ0n) is 8.56. The van der Waals surface area contributed by atoms with Crippen molar-refractivity contribution in [1.82, 2.24) is 14.8 Å². The summed E-state index contributed by atoms with van der Waals surface area (Å²) in [6.45, 7) is 2.46. The van der Waals surface area contributed by atoms with Crippen molar-refractivity contribution in [2.24, 2.45) is 5.92 Å². The molecular formula is C10H17N3O. The maximum Gasteiger partial charge on any atom is 0.119 e. The first-order valence-electron chi connectivity index (χ1n) is 5.23. The van der Waals surface area contributed by atoms with Crippen LogP contribution >= 0.6 is 0 Å². The standard InChI is InChI=1S/C10H17N3O/c1-9-2-4-10(6-14,5-3-9)13-7-11-12-8-13/h7-9,14H,2-6H2,1H3. The van der Waals surface area contributed by atoms with Gasteiger partial charge in [0.25, 0.3) is 0 Å². The molecular weight excluding hydrogens is 178 g/mol. The third-order valence-corrected chi connectivity index (χ3v) is 3.47. The summed E-state index contributed by atoms with van der Waals surface area (Å²) >= 11 is 0. The van der Waals surface area contributed by atoms with E-state index in [4.69, 9.17) is 0 Å². The monoisotopic (exact) mass is 195 g/mol. The number of hydrogen-bond donors (Lipinski definition) is 1. The number of aliphatic hydroxyl groups is 1. The molecule has 1 aliphatic carbocycles. The Balaban J connectivity index is 2.19. The minimum Gasteiger partial charge on any atom is -0.394 e. The first-order valence-corrected chi connectivity index (χ1v) is 5.23. The van der Waals surface area contributed by atoms with Crippen molar-refractivity contribution in [2.75, 3.05) is 6.61 Å². The summed E-state index contributed by atoms with van der Waals surface area (Å²) in [6.07, 6.45) is 7.85. The summed E-state index contributed by atoms with van der Waals surface area (Å²) in [4.78, 5) is 0. The van der Waals surface area contributed by atoms with E-state index in [1.807, 2.05) is 4.57 Å². The van der Waals surface area contributed by atoms with Gasteiger partial charge >= 0.3 is 0 Å². The lowest BCUT2D eigenvalue weighted by atomic mass is 9.77. The van der Waals surface area contributed by atoms with Crippen LogP contribution in [-0.4, -0.2) is 26.5 Å². The minimum absolute atomic E-state index is 0.129. The lowest BCUT2D eigenvalue weighted by molar-refractivity contribution is 0.0755. The van der Waals surface area contributed by atoms with Crippen LogP contribution in [0.4, 0.5) is 0 Å². The summed E-state index contributed by atoms with van der Waals surface area (Å²) in [5.41, 5.74) is -0.129. The largest absolute Gasteiger partial charge is 0.394 e. The summed E-state index contributed by atoms with van der Waals surface area (Å²) in [7, 11) is 0. The van der Waals surface area contributed by atoms with E-state index in [1.165, 1.54) is 12.8 Å². The van der Waals surface area contributed by atoms with Crippen molar-refractivity contribution in [3.63, 3.8) is 0 Å². The van der Waals surface area contributed by atoms with E-state index in [9.17, 15) is 5.11 Å². The van der Waals surface area contributed by atoms with Crippen LogP contribution in [0.2, 0.25) is 0 Å². The third kappa shape index (κ3) is 1.54. The number of aromatic nitrogens is 3. The molecule has 1 saturated carbocycles. The van der Waals surface area contributed by atoms with Gasteiger partial charge in [0.15, 0.2) is 0 Å². The predicted octanol–water partition coefficient (Wildman–Crippen LogP) is 1.18. The Labute approximate surface area is 84.0 Å². The van der Waals surface area contributed by atoms with E-state index in [2.05, 4.69) is 17.1 Å². The molecule has 0 amide bonds. The third-order valence-electron chi connectivity index (χ3n) is 3.47. The highest BCUT2D eigenvalue weighted by Gasteiger charge is 2.35. The van der Waals surface area contributed by atoms with Gasteiger partial charge in [-0.25, -0.2) is 0 Å². The molecule has 1 N–H and O–H groups in total. The summed E-state index contributed by atoms with van der Waals surface area (Å²) in [6, 6.07) is 0. The molecule has 0 aromatic carbocycles. The molecule has 0 unspecified atom stereocenters. The van der Waals surface area contributed by atoms with Crippen LogP contribution in [0, 0.1) is 5.92 Å². The maximum atomic E-state index is 9.52. The normalized spacial score (nSPS) is 33.1. The van der Waals surface area contributed by atoms with Crippen LogP contribution in [0.1, 0.15) is 32.6 Å². The van der Waals surface area contributed by atoms with Crippen molar-refractivity contribution >= 4 is 0 Å². The average Bonchev–Trinajstić information content (AvgIpc) is 2.73. The van der Waals surface area contributed by atoms with E-state index in [0.717, 1.165) is 18.8 Å². The number of hydrogen-bond acceptors (Lipinski definition) is 3. The zero-order chi connectivity index (χ0) is 10.0. The van der Waals surface area contributed by atoms with Gasteiger partial charge in [-0.3, -0.25) is 0 Å². The molecule has 1 aromatic heterocycles. The van der Waals surface area contributed by atoms with Crippen molar-refractivity contribution in [2.45, 2.75) is 38.1 Å². The lowest BCUT2D eigenvalue weighted by Gasteiger charge is -2.38. The van der Waals surface area contributed by atoms with Gasteiger partial charge in [-0.05, 0) is 31.6 Å². The quantitative estimate of drug-likeness (QED) is 0.770. The van der Waals surface area contributed by atoms with E-state index >= 15 is 0 Å². The molecule has 78 valence electrons. The first-order chi connectivity index (χ1) is 6.77. The topological polar surface area (TPSA) is 50.9 Å².